The number of methoxy groups -OCH3 is 2. The predicted molar refractivity (Wildman–Crippen MR) is 116 cm³/mol. The van der Waals surface area contributed by atoms with Crippen LogP contribution in [0.25, 0.3) is 11.3 Å². The number of carbonyl (C=O) groups excluding carboxylic acids is 1. The standard InChI is InChI=1S/C21H17ClF3N3O3S/c1-30-13-4-7-18(31-2)14(10-13)16-6-8-20(28-27-16)32-11-19(29)26-17-9-12(21(23,24)25)3-5-15(17)22/h3-10H,11H2,1-2H3,(H,26,29). The first-order valence-corrected chi connectivity index (χ1v) is 10.4. The largest absolute Gasteiger partial charge is 0.497 e. The summed E-state index contributed by atoms with van der Waals surface area (Å²) in [5.74, 6) is 0.601. The number of thioether (sulfide) groups is 1. The van der Waals surface area contributed by atoms with Crippen LogP contribution in [0.4, 0.5) is 18.9 Å². The smallest absolute Gasteiger partial charge is 0.416 e. The monoisotopic (exact) mass is 483 g/mol. The quantitative estimate of drug-likeness (QED) is 0.443. The van der Waals surface area contributed by atoms with Crippen LogP contribution < -0.4 is 14.8 Å². The summed E-state index contributed by atoms with van der Waals surface area (Å²) in [6, 6.07) is 11.4. The first kappa shape index (κ1) is 23.7. The van der Waals surface area contributed by atoms with Crippen molar-refractivity contribution in [1.82, 2.24) is 10.2 Å². The molecular weight excluding hydrogens is 467 g/mol. The molecule has 1 aromatic heterocycles. The first-order valence-electron chi connectivity index (χ1n) is 9.07. The highest BCUT2D eigenvalue weighted by Gasteiger charge is 2.31. The Hall–Kier alpha value is -2.98. The molecule has 32 heavy (non-hydrogen) atoms. The molecule has 0 aliphatic rings. The van der Waals surface area contributed by atoms with Gasteiger partial charge in [0.25, 0.3) is 0 Å². The molecule has 0 saturated carbocycles. The normalized spacial score (nSPS) is 11.2. The summed E-state index contributed by atoms with van der Waals surface area (Å²) in [7, 11) is 3.09. The minimum Gasteiger partial charge on any atom is -0.497 e. The molecule has 0 radical (unpaired) electrons. The van der Waals surface area contributed by atoms with Crippen LogP contribution in [-0.2, 0) is 11.0 Å². The molecule has 1 amide bonds. The van der Waals surface area contributed by atoms with E-state index in [0.29, 0.717) is 27.8 Å². The fraction of sp³-hybridized carbons (Fsp3) is 0.190. The number of carbonyl (C=O) groups is 1. The van der Waals surface area contributed by atoms with E-state index in [4.69, 9.17) is 21.1 Å². The van der Waals surface area contributed by atoms with E-state index in [0.717, 1.165) is 30.0 Å². The molecule has 0 aliphatic carbocycles. The van der Waals surface area contributed by atoms with Crippen molar-refractivity contribution >= 4 is 35.0 Å². The number of halogens is 4. The van der Waals surface area contributed by atoms with Crippen LogP contribution in [0, 0.1) is 0 Å². The van der Waals surface area contributed by atoms with Crippen molar-refractivity contribution in [2.75, 3.05) is 25.3 Å². The van der Waals surface area contributed by atoms with Gasteiger partial charge in [0.1, 0.15) is 16.5 Å². The Morgan fingerprint density at radius 1 is 1.06 bits per heavy atom. The number of amides is 1. The van der Waals surface area contributed by atoms with Gasteiger partial charge in [0.2, 0.25) is 5.91 Å². The number of hydrogen-bond donors (Lipinski definition) is 1. The number of nitrogens with one attached hydrogen (secondary N) is 1. The van der Waals surface area contributed by atoms with Gasteiger partial charge in [-0.3, -0.25) is 4.79 Å². The average Bonchev–Trinajstić information content (AvgIpc) is 2.78. The van der Waals surface area contributed by atoms with Crippen molar-refractivity contribution in [2.24, 2.45) is 0 Å². The summed E-state index contributed by atoms with van der Waals surface area (Å²) < 4.78 is 49.2. The molecule has 0 fully saturated rings. The maximum Gasteiger partial charge on any atom is 0.416 e. The van der Waals surface area contributed by atoms with Crippen LogP contribution in [0.5, 0.6) is 11.5 Å². The zero-order chi connectivity index (χ0) is 23.3. The van der Waals surface area contributed by atoms with Gasteiger partial charge < -0.3 is 14.8 Å². The van der Waals surface area contributed by atoms with Crippen molar-refractivity contribution in [3.63, 3.8) is 0 Å². The number of hydrogen-bond acceptors (Lipinski definition) is 6. The van der Waals surface area contributed by atoms with Crippen molar-refractivity contribution < 1.29 is 27.4 Å². The van der Waals surface area contributed by atoms with Gasteiger partial charge in [-0.1, -0.05) is 23.4 Å². The van der Waals surface area contributed by atoms with Crippen molar-refractivity contribution in [2.45, 2.75) is 11.2 Å². The number of nitrogens with zero attached hydrogens (tertiary/aromatic N) is 2. The second-order valence-corrected chi connectivity index (χ2v) is 7.76. The fourth-order valence-corrected chi connectivity index (χ4v) is 3.46. The molecule has 6 nitrogen and oxygen atoms in total. The lowest BCUT2D eigenvalue weighted by Gasteiger charge is -2.11. The molecule has 2 aromatic carbocycles. The SMILES string of the molecule is COc1ccc(OC)c(-c2ccc(SCC(=O)Nc3cc(C(F)(F)F)ccc3Cl)nn2)c1. The van der Waals surface area contributed by atoms with Crippen LogP contribution >= 0.6 is 23.4 Å². The van der Waals surface area contributed by atoms with E-state index in [2.05, 4.69) is 15.5 Å². The molecule has 168 valence electrons. The number of rotatable bonds is 7. The molecule has 0 aliphatic heterocycles. The van der Waals surface area contributed by atoms with E-state index in [-0.39, 0.29) is 16.5 Å². The van der Waals surface area contributed by atoms with Crippen molar-refractivity contribution in [1.29, 1.82) is 0 Å². The van der Waals surface area contributed by atoms with E-state index >= 15 is 0 Å². The lowest BCUT2D eigenvalue weighted by molar-refractivity contribution is -0.137. The summed E-state index contributed by atoms with van der Waals surface area (Å²) in [6.45, 7) is 0. The predicted octanol–water partition coefficient (Wildman–Crippen LogP) is 5.56. The average molecular weight is 484 g/mol. The van der Waals surface area contributed by atoms with Gasteiger partial charge >= 0.3 is 6.18 Å². The molecule has 11 heteroatoms. The summed E-state index contributed by atoms with van der Waals surface area (Å²) in [5.41, 5.74) is 0.219. The topological polar surface area (TPSA) is 73.3 Å². The van der Waals surface area contributed by atoms with Gasteiger partial charge in [0.15, 0.2) is 0 Å². The molecule has 0 atom stereocenters. The minimum atomic E-state index is -4.54. The summed E-state index contributed by atoms with van der Waals surface area (Å²) in [5, 5.41) is 11.1. The second kappa shape index (κ2) is 10.1. The van der Waals surface area contributed by atoms with Crippen molar-refractivity contribution in [3.05, 3.63) is 59.1 Å². The van der Waals surface area contributed by atoms with Crippen LogP contribution in [0.3, 0.4) is 0 Å². The third kappa shape index (κ3) is 5.83. The highest BCUT2D eigenvalue weighted by molar-refractivity contribution is 7.99. The van der Waals surface area contributed by atoms with Gasteiger partial charge in [-0.15, -0.1) is 10.2 Å². The number of ether oxygens (including phenoxy) is 2. The number of alkyl halides is 3. The molecule has 0 unspecified atom stereocenters. The van der Waals surface area contributed by atoms with Crippen LogP contribution in [-0.4, -0.2) is 36.1 Å². The zero-order valence-electron chi connectivity index (χ0n) is 16.9. The maximum absolute atomic E-state index is 12.9. The van der Waals surface area contributed by atoms with Crippen LogP contribution in [0.2, 0.25) is 5.02 Å². The minimum absolute atomic E-state index is 0.00716. The Kier molecular flexibility index (Phi) is 7.47. The highest BCUT2D eigenvalue weighted by atomic mass is 35.5. The zero-order valence-corrected chi connectivity index (χ0v) is 18.4. The van der Waals surface area contributed by atoms with E-state index in [1.54, 1.807) is 37.4 Å². The van der Waals surface area contributed by atoms with E-state index in [9.17, 15) is 18.0 Å². The Labute approximate surface area is 191 Å². The van der Waals surface area contributed by atoms with E-state index in [1.807, 2.05) is 0 Å². The lowest BCUT2D eigenvalue weighted by atomic mass is 10.1. The first-order chi connectivity index (χ1) is 15.2. The fourth-order valence-electron chi connectivity index (χ4n) is 2.68. The summed E-state index contributed by atoms with van der Waals surface area (Å²) in [6.07, 6.45) is -4.54. The lowest BCUT2D eigenvalue weighted by Crippen LogP contribution is -2.15. The third-order valence-electron chi connectivity index (χ3n) is 4.24. The molecule has 0 saturated heterocycles. The van der Waals surface area contributed by atoms with Crippen LogP contribution in [0.15, 0.2) is 53.6 Å². The van der Waals surface area contributed by atoms with Gasteiger partial charge in [0, 0.05) is 5.56 Å². The van der Waals surface area contributed by atoms with Crippen LogP contribution in [0.1, 0.15) is 5.56 Å². The number of aromatic nitrogens is 2. The number of anilines is 1. The molecule has 0 spiro atoms. The van der Waals surface area contributed by atoms with Gasteiger partial charge in [0.05, 0.1) is 41.9 Å². The van der Waals surface area contributed by atoms with Gasteiger partial charge in [-0.2, -0.15) is 13.2 Å². The van der Waals surface area contributed by atoms with E-state index < -0.39 is 17.6 Å². The Bertz CT molecular complexity index is 1110. The second-order valence-electron chi connectivity index (χ2n) is 6.35. The third-order valence-corrected chi connectivity index (χ3v) is 5.49. The molecule has 3 rings (SSSR count). The highest BCUT2D eigenvalue weighted by Crippen LogP contribution is 2.34. The molecule has 1 heterocycles. The van der Waals surface area contributed by atoms with Crippen molar-refractivity contribution in [3.8, 4) is 22.8 Å². The number of benzene rings is 2. The molecular formula is C21H17ClF3N3O3S. The Morgan fingerprint density at radius 2 is 1.84 bits per heavy atom. The Morgan fingerprint density at radius 3 is 2.47 bits per heavy atom. The molecule has 0 bridgehead atoms. The summed E-state index contributed by atoms with van der Waals surface area (Å²) in [4.78, 5) is 12.2. The Balaban J connectivity index is 1.66. The maximum atomic E-state index is 12.9. The molecule has 1 N–H and O–H groups in total. The van der Waals surface area contributed by atoms with E-state index in [1.165, 1.54) is 7.11 Å². The summed E-state index contributed by atoms with van der Waals surface area (Å²) >= 11 is 6.98. The van der Waals surface area contributed by atoms with Gasteiger partial charge in [-0.25, -0.2) is 0 Å². The van der Waals surface area contributed by atoms with Gasteiger partial charge in [-0.05, 0) is 48.5 Å². The molecule has 3 aromatic rings.